The van der Waals surface area contributed by atoms with Gasteiger partial charge in [0.05, 0.1) is 31.8 Å². The molecule has 0 saturated heterocycles. The Morgan fingerprint density at radius 3 is 1.96 bits per heavy atom. The molecule has 5 N–H and O–H groups in total. The van der Waals surface area contributed by atoms with Gasteiger partial charge in [-0.05, 0) is 12.3 Å². The van der Waals surface area contributed by atoms with Gasteiger partial charge >= 0.3 is 15.6 Å². The maximum atomic E-state index is 11.5. The molecular formula is C15H34O10P2. The van der Waals surface area contributed by atoms with Crippen molar-refractivity contribution in [2.75, 3.05) is 33.0 Å². The average molecular weight is 436 g/mol. The highest BCUT2D eigenvalue weighted by molar-refractivity contribution is 7.60. The van der Waals surface area contributed by atoms with Crippen LogP contribution in [0.2, 0.25) is 0 Å². The Bertz CT molecular complexity index is 475. The van der Waals surface area contributed by atoms with Crippen LogP contribution in [-0.4, -0.2) is 57.9 Å². The van der Waals surface area contributed by atoms with Crippen LogP contribution in [0.1, 0.15) is 52.4 Å². The smallest absolute Gasteiger partial charge is 0.396 e. The van der Waals surface area contributed by atoms with Gasteiger partial charge in [-0.25, -0.2) is 9.13 Å². The van der Waals surface area contributed by atoms with Gasteiger partial charge in [0.25, 0.3) is 0 Å². The van der Waals surface area contributed by atoms with Gasteiger partial charge in [0.2, 0.25) is 0 Å². The number of ether oxygens (including phenoxy) is 1. The zero-order valence-electron chi connectivity index (χ0n) is 16.0. The van der Waals surface area contributed by atoms with E-state index in [4.69, 9.17) is 14.5 Å². The fourth-order valence-corrected chi connectivity index (χ4v) is 3.93. The minimum atomic E-state index is -5.23. The van der Waals surface area contributed by atoms with Gasteiger partial charge in [0.15, 0.2) is 0 Å². The van der Waals surface area contributed by atoms with E-state index < -0.39 is 40.9 Å². The summed E-state index contributed by atoms with van der Waals surface area (Å²) in [7, 11) is -10.3. The van der Waals surface area contributed by atoms with Gasteiger partial charge in [-0.2, -0.15) is 4.31 Å². The molecule has 0 aliphatic carbocycles. The highest BCUT2D eigenvalue weighted by Crippen LogP contribution is 2.57. The number of phosphoric ester groups is 1. The molecule has 10 nitrogen and oxygen atoms in total. The number of aliphatic hydroxyl groups excluding tert-OH is 2. The molecule has 0 heterocycles. The van der Waals surface area contributed by atoms with E-state index >= 15 is 0 Å². The van der Waals surface area contributed by atoms with Crippen LogP contribution in [-0.2, 0) is 22.7 Å². The first kappa shape index (κ1) is 27.1. The summed E-state index contributed by atoms with van der Waals surface area (Å²) in [6, 6.07) is 0. The summed E-state index contributed by atoms with van der Waals surface area (Å²) in [6.45, 7) is 2.72. The van der Waals surface area contributed by atoms with Crippen molar-refractivity contribution in [3.05, 3.63) is 0 Å². The number of aliphatic hydroxyl groups is 2. The van der Waals surface area contributed by atoms with Gasteiger partial charge in [0.1, 0.15) is 0 Å². The second-order valence-electron chi connectivity index (χ2n) is 7.13. The number of rotatable bonds is 17. The van der Waals surface area contributed by atoms with Crippen LogP contribution in [0.25, 0.3) is 0 Å². The van der Waals surface area contributed by atoms with Crippen molar-refractivity contribution in [3.63, 3.8) is 0 Å². The molecule has 0 spiro atoms. The Morgan fingerprint density at radius 2 is 1.44 bits per heavy atom. The molecule has 0 amide bonds. The molecule has 0 aliphatic rings. The first-order chi connectivity index (χ1) is 12.5. The Labute approximate surface area is 160 Å². The Morgan fingerprint density at radius 1 is 0.889 bits per heavy atom. The molecule has 1 atom stereocenters. The molecule has 12 heteroatoms. The third-order valence-corrected chi connectivity index (χ3v) is 6.02. The van der Waals surface area contributed by atoms with E-state index in [0.717, 1.165) is 25.7 Å². The topological polar surface area (TPSA) is 163 Å². The summed E-state index contributed by atoms with van der Waals surface area (Å²) in [5.41, 5.74) is -1.39. The lowest BCUT2D eigenvalue weighted by Gasteiger charge is -2.29. The maximum Gasteiger partial charge on any atom is 0.481 e. The zero-order valence-corrected chi connectivity index (χ0v) is 17.8. The van der Waals surface area contributed by atoms with E-state index in [9.17, 15) is 24.2 Å². The minimum Gasteiger partial charge on any atom is -0.396 e. The molecule has 27 heavy (non-hydrogen) atoms. The molecule has 0 bridgehead atoms. The lowest BCUT2D eigenvalue weighted by atomic mass is 9.93. The van der Waals surface area contributed by atoms with Gasteiger partial charge in [-0.15, -0.1) is 0 Å². The largest absolute Gasteiger partial charge is 0.481 e. The Hall–Kier alpha value is 0.140. The molecule has 0 radical (unpaired) electrons. The van der Waals surface area contributed by atoms with Crippen LogP contribution in [0.5, 0.6) is 0 Å². The first-order valence-corrected chi connectivity index (χ1v) is 12.0. The van der Waals surface area contributed by atoms with E-state index in [1.807, 2.05) is 0 Å². The van der Waals surface area contributed by atoms with E-state index in [-0.39, 0.29) is 6.61 Å². The van der Waals surface area contributed by atoms with E-state index in [2.05, 4.69) is 22.7 Å². The van der Waals surface area contributed by atoms with Crippen LogP contribution < -0.4 is 0 Å². The molecule has 0 rings (SSSR count). The monoisotopic (exact) mass is 436 g/mol. The fraction of sp³-hybridized carbons (Fsp3) is 1.00. The molecule has 1 unspecified atom stereocenters. The van der Waals surface area contributed by atoms with E-state index in [1.165, 1.54) is 12.8 Å². The van der Waals surface area contributed by atoms with Crippen molar-refractivity contribution in [1.82, 2.24) is 0 Å². The van der Waals surface area contributed by atoms with Crippen molar-refractivity contribution >= 4 is 15.6 Å². The molecule has 0 saturated carbocycles. The standard InChI is InChI=1S/C15H34O10P2/c1-14(2)8-6-4-3-5-7-9-23-12-15(10-16,11-17)13-24-27(21,22)25-26(18,19)20/h14,16-17H,3-13H2,1-2H3,(H,21,22)(H2,18,19,20). The van der Waals surface area contributed by atoms with Crippen molar-refractivity contribution in [2.45, 2.75) is 52.4 Å². The molecule has 164 valence electrons. The average Bonchev–Trinajstić information content (AvgIpc) is 2.54. The van der Waals surface area contributed by atoms with Gasteiger partial charge in [-0.3, -0.25) is 4.52 Å². The van der Waals surface area contributed by atoms with Crippen LogP contribution in [0.4, 0.5) is 0 Å². The number of hydrogen-bond acceptors (Lipinski definition) is 7. The third kappa shape index (κ3) is 14.7. The van der Waals surface area contributed by atoms with Crippen molar-refractivity contribution < 1.29 is 47.6 Å². The lowest BCUT2D eigenvalue weighted by molar-refractivity contribution is -0.0566. The van der Waals surface area contributed by atoms with Crippen molar-refractivity contribution in [1.29, 1.82) is 0 Å². The third-order valence-electron chi connectivity index (χ3n) is 3.89. The van der Waals surface area contributed by atoms with Crippen molar-refractivity contribution in [3.8, 4) is 0 Å². The first-order valence-electron chi connectivity index (χ1n) is 8.99. The normalized spacial score (nSPS) is 15.3. The van der Waals surface area contributed by atoms with Crippen molar-refractivity contribution in [2.24, 2.45) is 11.3 Å². The van der Waals surface area contributed by atoms with Crippen LogP contribution in [0.3, 0.4) is 0 Å². The quantitative estimate of drug-likeness (QED) is 0.169. The summed E-state index contributed by atoms with van der Waals surface area (Å²) in [5, 5.41) is 18.9. The molecular weight excluding hydrogens is 402 g/mol. The summed E-state index contributed by atoms with van der Waals surface area (Å²) < 4.78 is 35.7. The fourth-order valence-electron chi connectivity index (χ4n) is 2.23. The van der Waals surface area contributed by atoms with E-state index in [0.29, 0.717) is 12.5 Å². The van der Waals surface area contributed by atoms with E-state index in [1.54, 1.807) is 0 Å². The van der Waals surface area contributed by atoms with Gasteiger partial charge in [0, 0.05) is 6.61 Å². The SMILES string of the molecule is CC(C)CCCCCCCOCC(CO)(CO)COP(=O)(O)OP(=O)(O)O. The van der Waals surface area contributed by atoms with Crippen LogP contribution in [0.15, 0.2) is 0 Å². The number of phosphoric acid groups is 2. The molecule has 0 aliphatic heterocycles. The highest BCUT2D eigenvalue weighted by Gasteiger charge is 2.37. The molecule has 0 aromatic rings. The number of unbranched alkanes of at least 4 members (excludes halogenated alkanes) is 4. The van der Waals surface area contributed by atoms with Crippen LogP contribution >= 0.6 is 15.6 Å². The number of hydrogen-bond donors (Lipinski definition) is 5. The van der Waals surface area contributed by atoms with Crippen LogP contribution in [0, 0.1) is 11.3 Å². The summed E-state index contributed by atoms with van der Waals surface area (Å²) in [5.74, 6) is 0.710. The lowest BCUT2D eigenvalue weighted by Crippen LogP contribution is -2.39. The summed E-state index contributed by atoms with van der Waals surface area (Å²) in [4.78, 5) is 26.4. The predicted molar refractivity (Wildman–Crippen MR) is 98.9 cm³/mol. The summed E-state index contributed by atoms with van der Waals surface area (Å²) >= 11 is 0. The molecule has 0 fully saturated rings. The van der Waals surface area contributed by atoms with Gasteiger partial charge < -0.3 is 29.6 Å². The molecule has 0 aromatic heterocycles. The summed E-state index contributed by atoms with van der Waals surface area (Å²) in [6.07, 6.45) is 6.46. The zero-order chi connectivity index (χ0) is 21.0. The second-order valence-corrected chi connectivity index (χ2v) is 9.96. The highest BCUT2D eigenvalue weighted by atomic mass is 31.3. The molecule has 0 aromatic carbocycles. The minimum absolute atomic E-state index is 0.150. The predicted octanol–water partition coefficient (Wildman–Crippen LogP) is 2.20. The van der Waals surface area contributed by atoms with Gasteiger partial charge in [-0.1, -0.05) is 46.0 Å². The second kappa shape index (κ2) is 13.4. The Kier molecular flexibility index (Phi) is 13.4. The maximum absolute atomic E-state index is 11.5. The Balaban J connectivity index is 4.17.